The predicted octanol–water partition coefficient (Wildman–Crippen LogP) is 1.62. The highest BCUT2D eigenvalue weighted by Crippen LogP contribution is 2.24. The van der Waals surface area contributed by atoms with Crippen molar-refractivity contribution in [2.24, 2.45) is 17.1 Å². The topological polar surface area (TPSA) is 81.2 Å². The number of carbonyl (C=O) groups is 1. The third-order valence-electron chi connectivity index (χ3n) is 2.21. The lowest BCUT2D eigenvalue weighted by molar-refractivity contribution is -0.120. The van der Waals surface area contributed by atoms with Crippen molar-refractivity contribution in [3.05, 3.63) is 12.5 Å². The van der Waals surface area contributed by atoms with Crippen LogP contribution < -0.4 is 11.1 Å². The average molecular weight is 225 g/mol. The molecule has 0 aliphatic heterocycles. The Kier molecular flexibility index (Phi) is 4.06. The highest BCUT2D eigenvalue weighted by molar-refractivity contribution is 5.92. The molecule has 5 heteroatoms. The summed E-state index contributed by atoms with van der Waals surface area (Å²) in [6.07, 6.45) is 3.60. The van der Waals surface area contributed by atoms with E-state index in [2.05, 4.69) is 35.8 Å². The lowest BCUT2D eigenvalue weighted by Gasteiger charge is -2.23. The van der Waals surface area contributed by atoms with Crippen LogP contribution in [0.25, 0.3) is 0 Å². The van der Waals surface area contributed by atoms with E-state index >= 15 is 0 Å². The van der Waals surface area contributed by atoms with E-state index in [0.717, 1.165) is 6.42 Å². The monoisotopic (exact) mass is 225 g/mol. The van der Waals surface area contributed by atoms with E-state index in [1.807, 2.05) is 0 Å². The van der Waals surface area contributed by atoms with E-state index in [4.69, 9.17) is 5.73 Å². The van der Waals surface area contributed by atoms with Gasteiger partial charge in [-0.1, -0.05) is 25.9 Å². The molecule has 1 aromatic heterocycles. The first kappa shape index (κ1) is 12.7. The maximum atomic E-state index is 11.9. The number of carbonyl (C=O) groups excluding carboxylic acids is 1. The second kappa shape index (κ2) is 5.12. The maximum absolute atomic E-state index is 11.9. The Morgan fingerprint density at radius 2 is 2.31 bits per heavy atom. The summed E-state index contributed by atoms with van der Waals surface area (Å²) >= 11 is 0. The van der Waals surface area contributed by atoms with Gasteiger partial charge in [-0.25, -0.2) is 0 Å². The van der Waals surface area contributed by atoms with Gasteiger partial charge in [-0.05, 0) is 11.8 Å². The molecule has 16 heavy (non-hydrogen) atoms. The van der Waals surface area contributed by atoms with Crippen LogP contribution in [0.15, 0.2) is 17.0 Å². The molecule has 0 aliphatic carbocycles. The van der Waals surface area contributed by atoms with E-state index in [-0.39, 0.29) is 17.2 Å². The molecule has 0 bridgehead atoms. The maximum Gasteiger partial charge on any atom is 0.228 e. The van der Waals surface area contributed by atoms with Crippen LogP contribution in [0.3, 0.4) is 0 Å². The normalized spacial score (nSPS) is 13.5. The van der Waals surface area contributed by atoms with Crippen LogP contribution in [0.2, 0.25) is 0 Å². The van der Waals surface area contributed by atoms with Gasteiger partial charge in [0.1, 0.15) is 12.0 Å². The smallest absolute Gasteiger partial charge is 0.228 e. The van der Waals surface area contributed by atoms with Crippen molar-refractivity contribution in [1.82, 2.24) is 5.16 Å². The van der Waals surface area contributed by atoms with Crippen molar-refractivity contribution in [3.8, 4) is 0 Å². The molecule has 90 valence electrons. The zero-order chi connectivity index (χ0) is 12.2. The molecule has 0 spiro atoms. The molecule has 0 saturated carbocycles. The predicted molar refractivity (Wildman–Crippen MR) is 61.7 cm³/mol. The Labute approximate surface area is 95.4 Å². The summed E-state index contributed by atoms with van der Waals surface area (Å²) in [4.78, 5) is 11.9. The molecule has 1 heterocycles. The number of anilines is 1. The van der Waals surface area contributed by atoms with E-state index in [9.17, 15) is 4.79 Å². The number of nitrogens with zero attached hydrogens (tertiary/aromatic N) is 1. The third-order valence-corrected chi connectivity index (χ3v) is 2.21. The minimum atomic E-state index is -0.185. The molecule has 1 unspecified atom stereocenters. The van der Waals surface area contributed by atoms with Gasteiger partial charge in [-0.15, -0.1) is 0 Å². The second-order valence-corrected chi connectivity index (χ2v) is 5.10. The molecule has 0 aliphatic rings. The van der Waals surface area contributed by atoms with E-state index in [0.29, 0.717) is 12.2 Å². The molecular formula is C11H19N3O2. The fourth-order valence-electron chi connectivity index (χ4n) is 1.53. The van der Waals surface area contributed by atoms with E-state index in [1.165, 1.54) is 12.5 Å². The van der Waals surface area contributed by atoms with Crippen LogP contribution in [-0.4, -0.2) is 17.6 Å². The average Bonchev–Trinajstić information content (AvgIpc) is 2.65. The summed E-state index contributed by atoms with van der Waals surface area (Å²) in [6.45, 7) is 6.60. The molecule has 1 atom stereocenters. The van der Waals surface area contributed by atoms with Gasteiger partial charge in [0.25, 0.3) is 0 Å². The van der Waals surface area contributed by atoms with E-state index in [1.54, 1.807) is 0 Å². The first-order valence-electron chi connectivity index (χ1n) is 5.32. The Balaban J connectivity index is 2.56. The zero-order valence-corrected chi connectivity index (χ0v) is 9.99. The standard InChI is InChI=1S/C11H19N3O2/c1-11(2,3)4-8(5-12)10(15)14-9-6-13-16-7-9/h6-8H,4-5,12H2,1-3H3,(H,14,15). The number of hydrogen-bond acceptors (Lipinski definition) is 4. The van der Waals surface area contributed by atoms with Crippen molar-refractivity contribution in [2.45, 2.75) is 27.2 Å². The van der Waals surface area contributed by atoms with Crippen LogP contribution in [0.1, 0.15) is 27.2 Å². The molecular weight excluding hydrogens is 206 g/mol. The van der Waals surface area contributed by atoms with Gasteiger partial charge >= 0.3 is 0 Å². The number of nitrogens with two attached hydrogens (primary N) is 1. The minimum Gasteiger partial charge on any atom is -0.363 e. The van der Waals surface area contributed by atoms with Crippen LogP contribution in [-0.2, 0) is 4.79 Å². The van der Waals surface area contributed by atoms with Crippen LogP contribution in [0.4, 0.5) is 5.69 Å². The Morgan fingerprint density at radius 1 is 1.62 bits per heavy atom. The van der Waals surface area contributed by atoms with Gasteiger partial charge in [0, 0.05) is 6.54 Å². The highest BCUT2D eigenvalue weighted by Gasteiger charge is 2.23. The summed E-state index contributed by atoms with van der Waals surface area (Å²) in [5.41, 5.74) is 6.26. The van der Waals surface area contributed by atoms with Crippen LogP contribution >= 0.6 is 0 Å². The van der Waals surface area contributed by atoms with Crippen LogP contribution in [0.5, 0.6) is 0 Å². The molecule has 0 fully saturated rings. The molecule has 0 saturated heterocycles. The molecule has 1 aromatic rings. The van der Waals surface area contributed by atoms with Crippen LogP contribution in [0, 0.1) is 11.3 Å². The number of rotatable bonds is 4. The van der Waals surface area contributed by atoms with Gasteiger partial charge in [-0.3, -0.25) is 4.79 Å². The number of aromatic nitrogens is 1. The molecule has 3 N–H and O–H groups in total. The second-order valence-electron chi connectivity index (χ2n) is 5.10. The van der Waals surface area contributed by atoms with Crippen molar-refractivity contribution < 1.29 is 9.32 Å². The number of nitrogens with one attached hydrogen (secondary N) is 1. The lowest BCUT2D eigenvalue weighted by Crippen LogP contribution is -2.32. The Bertz CT molecular complexity index is 327. The van der Waals surface area contributed by atoms with Gasteiger partial charge in [0.2, 0.25) is 5.91 Å². The van der Waals surface area contributed by atoms with Crippen molar-refractivity contribution >= 4 is 11.6 Å². The van der Waals surface area contributed by atoms with E-state index < -0.39 is 0 Å². The number of amides is 1. The van der Waals surface area contributed by atoms with Crippen molar-refractivity contribution in [2.75, 3.05) is 11.9 Å². The molecule has 1 rings (SSSR count). The minimum absolute atomic E-state index is 0.0794. The first-order chi connectivity index (χ1) is 7.42. The molecule has 0 aromatic carbocycles. The Hall–Kier alpha value is -1.36. The summed E-state index contributed by atoms with van der Waals surface area (Å²) in [7, 11) is 0. The summed E-state index contributed by atoms with van der Waals surface area (Å²) in [5, 5.41) is 6.23. The Morgan fingerprint density at radius 3 is 2.75 bits per heavy atom. The highest BCUT2D eigenvalue weighted by atomic mass is 16.5. The van der Waals surface area contributed by atoms with Gasteiger partial charge in [-0.2, -0.15) is 0 Å². The zero-order valence-electron chi connectivity index (χ0n) is 9.99. The summed E-state index contributed by atoms with van der Waals surface area (Å²) in [6, 6.07) is 0. The molecule has 0 radical (unpaired) electrons. The van der Waals surface area contributed by atoms with Gasteiger partial charge in [0.05, 0.1) is 12.1 Å². The fourth-order valence-corrected chi connectivity index (χ4v) is 1.53. The van der Waals surface area contributed by atoms with Gasteiger partial charge in [0.15, 0.2) is 0 Å². The molecule has 1 amide bonds. The number of hydrogen-bond donors (Lipinski definition) is 2. The summed E-state index contributed by atoms with van der Waals surface area (Å²) < 4.78 is 4.63. The quantitative estimate of drug-likeness (QED) is 0.816. The van der Waals surface area contributed by atoms with Crippen molar-refractivity contribution in [1.29, 1.82) is 0 Å². The van der Waals surface area contributed by atoms with Crippen molar-refractivity contribution in [3.63, 3.8) is 0 Å². The SMILES string of the molecule is CC(C)(C)CC(CN)C(=O)Nc1cnoc1. The third kappa shape index (κ3) is 4.02. The fraction of sp³-hybridized carbons (Fsp3) is 0.636. The molecule has 5 nitrogen and oxygen atoms in total. The lowest BCUT2D eigenvalue weighted by atomic mass is 9.84. The summed E-state index contributed by atoms with van der Waals surface area (Å²) in [5.74, 6) is -0.268. The largest absolute Gasteiger partial charge is 0.363 e. The first-order valence-corrected chi connectivity index (χ1v) is 5.32. The van der Waals surface area contributed by atoms with Gasteiger partial charge < -0.3 is 15.6 Å².